The van der Waals surface area contributed by atoms with Gasteiger partial charge in [-0.2, -0.15) is 13.2 Å². The predicted octanol–water partition coefficient (Wildman–Crippen LogP) is 2.19. The highest BCUT2D eigenvalue weighted by Gasteiger charge is 2.48. The number of para-hydroxylation sites is 1. The molecule has 1 fully saturated rings. The monoisotopic (exact) mass is 323 g/mol. The highest BCUT2D eigenvalue weighted by molar-refractivity contribution is 7.92. The fourth-order valence-electron chi connectivity index (χ4n) is 2.50. The van der Waals surface area contributed by atoms with Gasteiger partial charge in [0.1, 0.15) is 0 Å². The van der Waals surface area contributed by atoms with Gasteiger partial charge in [0, 0.05) is 19.7 Å². The average Bonchev–Trinajstić information content (AvgIpc) is 2.46. The lowest BCUT2D eigenvalue weighted by Crippen LogP contribution is -2.38. The SMILES string of the molecule is O=S(=O)(c1ccccc1N1CCC[C@@H](CO)C1)C(F)(F)F. The number of aliphatic hydroxyl groups excluding tert-OH is 1. The number of benzene rings is 1. The Bertz CT molecular complexity index is 601. The van der Waals surface area contributed by atoms with Gasteiger partial charge in [0.25, 0.3) is 9.84 Å². The van der Waals surface area contributed by atoms with Crippen LogP contribution in [-0.2, 0) is 9.84 Å². The van der Waals surface area contributed by atoms with Crippen LogP contribution in [0.4, 0.5) is 18.9 Å². The predicted molar refractivity (Wildman–Crippen MR) is 71.7 cm³/mol. The van der Waals surface area contributed by atoms with Crippen molar-refractivity contribution >= 4 is 15.5 Å². The van der Waals surface area contributed by atoms with E-state index in [9.17, 15) is 26.7 Å². The molecule has 2 rings (SSSR count). The highest BCUT2D eigenvalue weighted by Crippen LogP contribution is 2.36. The number of hydrogen-bond donors (Lipinski definition) is 1. The normalized spacial score (nSPS) is 20.6. The van der Waals surface area contributed by atoms with Crippen molar-refractivity contribution in [1.29, 1.82) is 0 Å². The Kier molecular flexibility index (Phi) is 4.48. The minimum atomic E-state index is -5.38. The number of anilines is 1. The first-order valence-corrected chi connectivity index (χ1v) is 8.02. The van der Waals surface area contributed by atoms with Gasteiger partial charge in [0.15, 0.2) is 0 Å². The number of rotatable bonds is 3. The number of hydrogen-bond acceptors (Lipinski definition) is 4. The lowest BCUT2D eigenvalue weighted by molar-refractivity contribution is -0.0435. The lowest BCUT2D eigenvalue weighted by atomic mass is 9.98. The molecule has 1 aliphatic heterocycles. The molecule has 8 heteroatoms. The topological polar surface area (TPSA) is 57.6 Å². The second kappa shape index (κ2) is 5.84. The molecule has 1 aromatic rings. The standard InChI is InChI=1S/C13H16F3NO3S/c14-13(15,16)21(19,20)12-6-2-1-5-11(12)17-7-3-4-10(8-17)9-18/h1-2,5-6,10,18H,3-4,7-9H2/t10-/m1/s1. The molecule has 0 amide bonds. The van der Waals surface area contributed by atoms with E-state index in [1.165, 1.54) is 18.2 Å². The Hall–Kier alpha value is -1.28. The van der Waals surface area contributed by atoms with Crippen molar-refractivity contribution in [3.8, 4) is 0 Å². The maximum Gasteiger partial charge on any atom is 0.501 e. The first-order chi connectivity index (χ1) is 9.77. The van der Waals surface area contributed by atoms with Gasteiger partial charge in [0.2, 0.25) is 0 Å². The van der Waals surface area contributed by atoms with E-state index in [4.69, 9.17) is 0 Å². The summed E-state index contributed by atoms with van der Waals surface area (Å²) in [6.45, 7) is 0.756. The number of halogens is 3. The molecule has 1 N–H and O–H groups in total. The number of aliphatic hydroxyl groups is 1. The molecule has 0 bridgehead atoms. The van der Waals surface area contributed by atoms with Crippen molar-refractivity contribution in [2.24, 2.45) is 5.92 Å². The summed E-state index contributed by atoms with van der Waals surface area (Å²) in [6, 6.07) is 5.13. The van der Waals surface area contributed by atoms with Crippen LogP contribution >= 0.6 is 0 Å². The Morgan fingerprint density at radius 2 is 1.95 bits per heavy atom. The van der Waals surface area contributed by atoms with Crippen LogP contribution in [0.25, 0.3) is 0 Å². The van der Waals surface area contributed by atoms with Crippen LogP contribution in [0.5, 0.6) is 0 Å². The molecule has 1 aromatic carbocycles. The first-order valence-electron chi connectivity index (χ1n) is 6.53. The van der Waals surface area contributed by atoms with E-state index in [0.717, 1.165) is 12.5 Å². The van der Waals surface area contributed by atoms with E-state index >= 15 is 0 Å². The molecule has 0 radical (unpaired) electrons. The van der Waals surface area contributed by atoms with Crippen LogP contribution in [0, 0.1) is 5.92 Å². The van der Waals surface area contributed by atoms with Crippen molar-refractivity contribution in [2.45, 2.75) is 23.2 Å². The first kappa shape index (κ1) is 16.1. The maximum absolute atomic E-state index is 12.8. The minimum Gasteiger partial charge on any atom is -0.396 e. The molecule has 0 spiro atoms. The van der Waals surface area contributed by atoms with Gasteiger partial charge < -0.3 is 10.0 Å². The molecule has 4 nitrogen and oxygen atoms in total. The maximum atomic E-state index is 12.8. The van der Waals surface area contributed by atoms with Crippen LogP contribution in [0.2, 0.25) is 0 Å². The summed E-state index contributed by atoms with van der Waals surface area (Å²) >= 11 is 0. The van der Waals surface area contributed by atoms with E-state index < -0.39 is 20.2 Å². The molecular weight excluding hydrogens is 307 g/mol. The fraction of sp³-hybridized carbons (Fsp3) is 0.538. The molecule has 0 aromatic heterocycles. The minimum absolute atomic E-state index is 0.0491. The number of alkyl halides is 3. The molecule has 0 saturated carbocycles. The van der Waals surface area contributed by atoms with Gasteiger partial charge in [0.05, 0.1) is 10.6 Å². The summed E-state index contributed by atoms with van der Waals surface area (Å²) in [4.78, 5) is 0.874. The summed E-state index contributed by atoms with van der Waals surface area (Å²) in [6.07, 6.45) is 1.48. The number of sulfone groups is 1. The molecular formula is C13H16F3NO3S. The molecule has 21 heavy (non-hydrogen) atoms. The molecule has 0 unspecified atom stereocenters. The zero-order valence-corrected chi connectivity index (χ0v) is 12.0. The zero-order valence-electron chi connectivity index (χ0n) is 11.2. The van der Waals surface area contributed by atoms with Gasteiger partial charge in [-0.05, 0) is 30.9 Å². The fourth-order valence-corrected chi connectivity index (χ4v) is 3.48. The summed E-state index contributed by atoms with van der Waals surface area (Å²) in [5.74, 6) is -0.0552. The van der Waals surface area contributed by atoms with Crippen molar-refractivity contribution in [3.05, 3.63) is 24.3 Å². The van der Waals surface area contributed by atoms with Gasteiger partial charge in [-0.15, -0.1) is 0 Å². The third-order valence-corrected chi connectivity index (χ3v) is 5.11. The molecule has 1 saturated heterocycles. The van der Waals surface area contributed by atoms with Crippen LogP contribution < -0.4 is 4.90 Å². The van der Waals surface area contributed by atoms with Crippen molar-refractivity contribution in [1.82, 2.24) is 0 Å². The average molecular weight is 323 g/mol. The summed E-state index contributed by atoms with van der Waals surface area (Å²) in [7, 11) is -5.38. The van der Waals surface area contributed by atoms with E-state index in [0.29, 0.717) is 19.5 Å². The zero-order chi connectivity index (χ0) is 15.7. The summed E-state index contributed by atoms with van der Waals surface area (Å²) < 4.78 is 61.6. The van der Waals surface area contributed by atoms with E-state index in [1.54, 1.807) is 4.90 Å². The van der Waals surface area contributed by atoms with Crippen molar-refractivity contribution in [2.75, 3.05) is 24.6 Å². The summed E-state index contributed by atoms with van der Waals surface area (Å²) in [5.41, 5.74) is -5.28. The third-order valence-electron chi connectivity index (χ3n) is 3.58. The smallest absolute Gasteiger partial charge is 0.396 e. The Balaban J connectivity index is 2.43. The van der Waals surface area contributed by atoms with Gasteiger partial charge in [-0.3, -0.25) is 0 Å². The summed E-state index contributed by atoms with van der Waals surface area (Å²) in [5, 5.41) is 9.19. The van der Waals surface area contributed by atoms with Crippen LogP contribution in [0.1, 0.15) is 12.8 Å². The van der Waals surface area contributed by atoms with Gasteiger partial charge >= 0.3 is 5.51 Å². The number of nitrogens with zero attached hydrogens (tertiary/aromatic N) is 1. The van der Waals surface area contributed by atoms with Crippen LogP contribution in [0.3, 0.4) is 0 Å². The van der Waals surface area contributed by atoms with Crippen molar-refractivity contribution < 1.29 is 26.7 Å². The Labute approximate surface area is 121 Å². The van der Waals surface area contributed by atoms with Crippen LogP contribution in [-0.4, -0.2) is 38.7 Å². The van der Waals surface area contributed by atoms with E-state index in [-0.39, 0.29) is 18.2 Å². The lowest BCUT2D eigenvalue weighted by Gasteiger charge is -2.34. The molecule has 1 heterocycles. The van der Waals surface area contributed by atoms with Crippen LogP contribution in [0.15, 0.2) is 29.2 Å². The highest BCUT2D eigenvalue weighted by atomic mass is 32.2. The quantitative estimate of drug-likeness (QED) is 0.926. The third kappa shape index (κ3) is 3.16. The van der Waals surface area contributed by atoms with E-state index in [2.05, 4.69) is 0 Å². The Morgan fingerprint density at radius 1 is 1.29 bits per heavy atom. The Morgan fingerprint density at radius 3 is 2.57 bits per heavy atom. The van der Waals surface area contributed by atoms with Gasteiger partial charge in [-0.1, -0.05) is 12.1 Å². The van der Waals surface area contributed by atoms with Crippen molar-refractivity contribution in [3.63, 3.8) is 0 Å². The number of piperidine rings is 1. The molecule has 1 atom stereocenters. The second-order valence-electron chi connectivity index (χ2n) is 5.05. The van der Waals surface area contributed by atoms with E-state index in [1.807, 2.05) is 0 Å². The van der Waals surface area contributed by atoms with Gasteiger partial charge in [-0.25, -0.2) is 8.42 Å². The largest absolute Gasteiger partial charge is 0.501 e. The second-order valence-corrected chi connectivity index (χ2v) is 6.96. The molecule has 0 aliphatic carbocycles. The molecule has 118 valence electrons. The molecule has 1 aliphatic rings.